The van der Waals surface area contributed by atoms with Gasteiger partial charge in [-0.2, -0.15) is 0 Å². The van der Waals surface area contributed by atoms with Crippen molar-refractivity contribution < 1.29 is 24.5 Å². The Morgan fingerprint density at radius 1 is 1.27 bits per heavy atom. The quantitative estimate of drug-likeness (QED) is 0.485. The van der Waals surface area contributed by atoms with Gasteiger partial charge in [0.1, 0.15) is 6.04 Å². The van der Waals surface area contributed by atoms with Gasteiger partial charge in [0.25, 0.3) is 0 Å². The lowest BCUT2D eigenvalue weighted by atomic mass is 10.2. The number of aliphatic hydroxyl groups excluding tert-OH is 2. The first-order chi connectivity index (χ1) is 12.3. The Morgan fingerprint density at radius 3 is 2.46 bits per heavy atom. The Morgan fingerprint density at radius 2 is 1.92 bits per heavy atom. The molecule has 3 N–H and O–H groups in total. The fraction of sp³-hybridized carbons (Fsp3) is 0.588. The third-order valence-electron chi connectivity index (χ3n) is 3.82. The molecule has 148 valence electrons. The molecule has 2 atom stereocenters. The van der Waals surface area contributed by atoms with Crippen molar-refractivity contribution in [1.82, 2.24) is 4.90 Å². The van der Waals surface area contributed by atoms with E-state index in [1.165, 1.54) is 19.1 Å². The number of carbonyl (C=O) groups is 1. The zero-order chi connectivity index (χ0) is 19.7. The largest absolute Gasteiger partial charge is 0.394 e. The van der Waals surface area contributed by atoms with E-state index in [1.807, 2.05) is 0 Å². The first-order valence-corrected chi connectivity index (χ1v) is 8.92. The highest BCUT2D eigenvalue weighted by molar-refractivity contribution is 6.42. The summed E-state index contributed by atoms with van der Waals surface area (Å²) >= 11 is 11.9. The summed E-state index contributed by atoms with van der Waals surface area (Å²) in [6.07, 6.45) is -1.25. The van der Waals surface area contributed by atoms with Crippen molar-refractivity contribution in [3.8, 4) is 0 Å². The van der Waals surface area contributed by atoms with Crippen LogP contribution in [-0.4, -0.2) is 73.4 Å². The van der Waals surface area contributed by atoms with E-state index in [9.17, 15) is 9.90 Å². The number of aliphatic hydroxyl groups is 2. The molecule has 1 rings (SSSR count). The van der Waals surface area contributed by atoms with Crippen molar-refractivity contribution in [3.63, 3.8) is 0 Å². The molecule has 0 bridgehead atoms. The van der Waals surface area contributed by atoms with E-state index < -0.39 is 18.4 Å². The number of hydrogen-bond donors (Lipinski definition) is 3. The number of carbonyl (C=O) groups excluding carboxylic acids is 1. The summed E-state index contributed by atoms with van der Waals surface area (Å²) in [5.41, 5.74) is 0.658. The minimum Gasteiger partial charge on any atom is -0.394 e. The Hall–Kier alpha value is -1.09. The van der Waals surface area contributed by atoms with Gasteiger partial charge in [-0.05, 0) is 31.5 Å². The molecule has 0 aliphatic rings. The Labute approximate surface area is 163 Å². The van der Waals surface area contributed by atoms with Crippen LogP contribution in [0.1, 0.15) is 13.3 Å². The molecule has 0 radical (unpaired) electrons. The van der Waals surface area contributed by atoms with Crippen LogP contribution >= 0.6 is 23.2 Å². The van der Waals surface area contributed by atoms with Gasteiger partial charge in [-0.3, -0.25) is 4.79 Å². The SMILES string of the molecule is COC(CN(CC[C@@H](O)CO)C(=O)C(C)Nc1ccc(Cl)c(Cl)c1)OC. The summed E-state index contributed by atoms with van der Waals surface area (Å²) in [7, 11) is 2.97. The standard InChI is InChI=1S/C17H26Cl2N2O5/c1-11(20-12-4-5-14(18)15(19)8-12)17(24)21(7-6-13(23)10-22)9-16(25-2)26-3/h4-5,8,11,13,16,20,22-23H,6-7,9-10H2,1-3H3/t11?,13-/m1/s1. The molecule has 0 aliphatic carbocycles. The van der Waals surface area contributed by atoms with Crippen molar-refractivity contribution in [2.24, 2.45) is 0 Å². The molecule has 0 saturated carbocycles. The van der Waals surface area contributed by atoms with Crippen molar-refractivity contribution >= 4 is 34.8 Å². The third-order valence-corrected chi connectivity index (χ3v) is 4.56. The lowest BCUT2D eigenvalue weighted by molar-refractivity contribution is -0.146. The van der Waals surface area contributed by atoms with E-state index in [2.05, 4.69) is 5.32 Å². The maximum absolute atomic E-state index is 12.8. The average molecular weight is 409 g/mol. The lowest BCUT2D eigenvalue weighted by Crippen LogP contribution is -2.46. The Bertz CT molecular complexity index is 572. The molecule has 7 nitrogen and oxygen atoms in total. The zero-order valence-corrected chi connectivity index (χ0v) is 16.6. The van der Waals surface area contributed by atoms with Gasteiger partial charge in [-0.25, -0.2) is 0 Å². The monoisotopic (exact) mass is 408 g/mol. The summed E-state index contributed by atoms with van der Waals surface area (Å²) in [5, 5.41) is 22.4. The van der Waals surface area contributed by atoms with Crippen molar-refractivity contribution in [3.05, 3.63) is 28.2 Å². The molecular formula is C17H26Cl2N2O5. The second-order valence-electron chi connectivity index (χ2n) is 5.81. The van der Waals surface area contributed by atoms with Crippen LogP contribution in [0.25, 0.3) is 0 Å². The van der Waals surface area contributed by atoms with Gasteiger partial charge in [0.2, 0.25) is 5.91 Å². The molecule has 9 heteroatoms. The lowest BCUT2D eigenvalue weighted by Gasteiger charge is -2.29. The van der Waals surface area contributed by atoms with E-state index in [1.54, 1.807) is 25.1 Å². The molecule has 0 aliphatic heterocycles. The smallest absolute Gasteiger partial charge is 0.244 e. The number of methoxy groups -OCH3 is 2. The number of halogens is 2. The molecular weight excluding hydrogens is 383 g/mol. The molecule has 1 aromatic carbocycles. The van der Waals surface area contributed by atoms with E-state index in [0.717, 1.165) is 0 Å². The van der Waals surface area contributed by atoms with Crippen molar-refractivity contribution in [2.75, 3.05) is 39.2 Å². The van der Waals surface area contributed by atoms with E-state index in [-0.39, 0.29) is 32.0 Å². The summed E-state index contributed by atoms with van der Waals surface area (Å²) in [6.45, 7) is 1.79. The van der Waals surface area contributed by atoms with Crippen LogP contribution in [0.3, 0.4) is 0 Å². The van der Waals surface area contributed by atoms with Crippen LogP contribution in [0.5, 0.6) is 0 Å². The molecule has 0 heterocycles. The summed E-state index contributed by atoms with van der Waals surface area (Å²) in [5.74, 6) is -0.208. The Balaban J connectivity index is 2.81. The highest BCUT2D eigenvalue weighted by Crippen LogP contribution is 2.25. The molecule has 26 heavy (non-hydrogen) atoms. The number of amides is 1. The maximum Gasteiger partial charge on any atom is 0.244 e. The van der Waals surface area contributed by atoms with Crippen molar-refractivity contribution in [1.29, 1.82) is 0 Å². The number of nitrogens with one attached hydrogen (secondary N) is 1. The molecule has 0 saturated heterocycles. The van der Waals surface area contributed by atoms with E-state index >= 15 is 0 Å². The van der Waals surface area contributed by atoms with Gasteiger partial charge in [0.05, 0.1) is 29.3 Å². The summed E-state index contributed by atoms with van der Waals surface area (Å²) in [6, 6.07) is 4.45. The zero-order valence-electron chi connectivity index (χ0n) is 15.1. The van der Waals surface area contributed by atoms with Gasteiger partial charge >= 0.3 is 0 Å². The fourth-order valence-electron chi connectivity index (χ4n) is 2.28. The minimum absolute atomic E-state index is 0.192. The second-order valence-corrected chi connectivity index (χ2v) is 6.62. The van der Waals surface area contributed by atoms with Gasteiger partial charge in [0, 0.05) is 26.5 Å². The van der Waals surface area contributed by atoms with Crippen LogP contribution in [0.15, 0.2) is 18.2 Å². The molecule has 0 aromatic heterocycles. The summed E-state index contributed by atoms with van der Waals surface area (Å²) in [4.78, 5) is 14.3. The van der Waals surface area contributed by atoms with E-state index in [0.29, 0.717) is 15.7 Å². The molecule has 0 fully saturated rings. The highest BCUT2D eigenvalue weighted by Gasteiger charge is 2.24. The maximum atomic E-state index is 12.8. The predicted octanol–water partition coefficient (Wildman–Crippen LogP) is 1.98. The van der Waals surface area contributed by atoms with Crippen LogP contribution < -0.4 is 5.32 Å². The van der Waals surface area contributed by atoms with Gasteiger partial charge in [-0.1, -0.05) is 23.2 Å². The highest BCUT2D eigenvalue weighted by atomic mass is 35.5. The second kappa shape index (κ2) is 11.6. The summed E-state index contributed by atoms with van der Waals surface area (Å²) < 4.78 is 10.3. The average Bonchev–Trinajstić information content (AvgIpc) is 2.64. The van der Waals surface area contributed by atoms with Crippen LogP contribution in [0, 0.1) is 0 Å². The molecule has 0 spiro atoms. The van der Waals surface area contributed by atoms with Gasteiger partial charge in [-0.15, -0.1) is 0 Å². The first kappa shape index (κ1) is 23.0. The van der Waals surface area contributed by atoms with Crippen molar-refractivity contribution in [2.45, 2.75) is 31.8 Å². The van der Waals surface area contributed by atoms with Crippen LogP contribution in [-0.2, 0) is 14.3 Å². The number of anilines is 1. The number of hydrogen-bond acceptors (Lipinski definition) is 6. The normalized spacial score (nSPS) is 13.5. The minimum atomic E-state index is -0.896. The number of ether oxygens (including phenoxy) is 2. The third kappa shape index (κ3) is 7.26. The Kier molecular flexibility index (Phi) is 10.2. The predicted molar refractivity (Wildman–Crippen MR) is 102 cm³/mol. The first-order valence-electron chi connectivity index (χ1n) is 8.17. The number of rotatable bonds is 11. The molecule has 1 aromatic rings. The molecule has 1 unspecified atom stereocenters. The van der Waals surface area contributed by atoms with Crippen LogP contribution in [0.2, 0.25) is 10.0 Å². The van der Waals surface area contributed by atoms with Crippen LogP contribution in [0.4, 0.5) is 5.69 Å². The fourth-order valence-corrected chi connectivity index (χ4v) is 2.58. The number of nitrogens with zero attached hydrogens (tertiary/aromatic N) is 1. The van der Waals surface area contributed by atoms with Gasteiger partial charge < -0.3 is 29.9 Å². The molecule has 1 amide bonds. The topological polar surface area (TPSA) is 91.3 Å². The van der Waals surface area contributed by atoms with Gasteiger partial charge in [0.15, 0.2) is 6.29 Å². The van der Waals surface area contributed by atoms with E-state index in [4.69, 9.17) is 37.8 Å². The number of benzene rings is 1.